The second-order valence-electron chi connectivity index (χ2n) is 4.71. The summed E-state index contributed by atoms with van der Waals surface area (Å²) < 4.78 is 20.1. The summed E-state index contributed by atoms with van der Waals surface area (Å²) in [6, 6.07) is 10.8. The van der Waals surface area contributed by atoms with E-state index < -0.39 is 0 Å². The number of halogens is 2. The van der Waals surface area contributed by atoms with Gasteiger partial charge in [0.25, 0.3) is 0 Å². The number of ether oxygens (including phenoxy) is 1. The topological polar surface area (TPSA) is 21.3 Å². The molecule has 1 atom stereocenters. The summed E-state index contributed by atoms with van der Waals surface area (Å²) in [5, 5.41) is 3.33. The van der Waals surface area contributed by atoms with Gasteiger partial charge in [0.1, 0.15) is 11.6 Å². The maximum absolute atomic E-state index is 14.0. The maximum atomic E-state index is 14.0. The zero-order valence-corrected chi connectivity index (χ0v) is 13.3. The zero-order valence-electron chi connectivity index (χ0n) is 11.7. The first-order valence-corrected chi connectivity index (χ1v) is 7.16. The molecule has 0 spiro atoms. The van der Waals surface area contributed by atoms with Crippen molar-refractivity contribution in [2.75, 3.05) is 12.4 Å². The average molecular weight is 338 g/mol. The predicted octanol–water partition coefficient (Wildman–Crippen LogP) is 5.08. The van der Waals surface area contributed by atoms with Gasteiger partial charge in [-0.2, -0.15) is 0 Å². The third kappa shape index (κ3) is 3.31. The van der Waals surface area contributed by atoms with Gasteiger partial charge >= 0.3 is 0 Å². The van der Waals surface area contributed by atoms with Crippen molar-refractivity contribution in [3.63, 3.8) is 0 Å². The van der Waals surface area contributed by atoms with E-state index in [2.05, 4.69) is 21.2 Å². The molecule has 0 heterocycles. The first kappa shape index (κ1) is 14.9. The minimum atomic E-state index is -0.267. The summed E-state index contributed by atoms with van der Waals surface area (Å²) in [7, 11) is 1.53. The highest BCUT2D eigenvalue weighted by Crippen LogP contribution is 2.27. The predicted molar refractivity (Wildman–Crippen MR) is 83.9 cm³/mol. The van der Waals surface area contributed by atoms with Gasteiger partial charge in [-0.1, -0.05) is 28.1 Å². The molecule has 0 radical (unpaired) electrons. The van der Waals surface area contributed by atoms with Crippen LogP contribution in [0.1, 0.15) is 24.1 Å². The largest absolute Gasteiger partial charge is 0.497 e. The van der Waals surface area contributed by atoms with Crippen LogP contribution < -0.4 is 10.1 Å². The van der Waals surface area contributed by atoms with E-state index in [1.54, 1.807) is 12.1 Å². The van der Waals surface area contributed by atoms with Crippen LogP contribution in [0.4, 0.5) is 10.1 Å². The molecular formula is C16H17BrFNO. The number of rotatable bonds is 4. The Balaban J connectivity index is 2.23. The van der Waals surface area contributed by atoms with Crippen LogP contribution in [-0.2, 0) is 0 Å². The lowest BCUT2D eigenvalue weighted by atomic mass is 10.1. The van der Waals surface area contributed by atoms with Gasteiger partial charge in [-0.05, 0) is 37.6 Å². The summed E-state index contributed by atoms with van der Waals surface area (Å²) in [6.07, 6.45) is 0. The molecule has 0 saturated heterocycles. The second kappa shape index (κ2) is 6.27. The smallest absolute Gasteiger partial charge is 0.132 e. The number of benzene rings is 2. The van der Waals surface area contributed by atoms with Crippen LogP contribution in [0.2, 0.25) is 0 Å². The Hall–Kier alpha value is -1.55. The van der Waals surface area contributed by atoms with Crippen LogP contribution in [0.5, 0.6) is 5.75 Å². The molecule has 0 saturated carbocycles. The van der Waals surface area contributed by atoms with E-state index in [4.69, 9.17) is 4.74 Å². The van der Waals surface area contributed by atoms with Crippen LogP contribution in [0.3, 0.4) is 0 Å². The fourth-order valence-electron chi connectivity index (χ4n) is 2.05. The fraction of sp³-hybridized carbons (Fsp3) is 0.250. The Morgan fingerprint density at radius 1 is 1.20 bits per heavy atom. The quantitative estimate of drug-likeness (QED) is 0.840. The minimum Gasteiger partial charge on any atom is -0.497 e. The first-order chi connectivity index (χ1) is 9.51. The van der Waals surface area contributed by atoms with Crippen LogP contribution >= 0.6 is 15.9 Å². The van der Waals surface area contributed by atoms with Crippen LogP contribution in [-0.4, -0.2) is 7.11 Å². The van der Waals surface area contributed by atoms with E-state index in [0.29, 0.717) is 11.3 Å². The highest BCUT2D eigenvalue weighted by atomic mass is 79.9. The molecule has 1 unspecified atom stereocenters. The van der Waals surface area contributed by atoms with Gasteiger partial charge in [0.2, 0.25) is 0 Å². The van der Waals surface area contributed by atoms with Crippen molar-refractivity contribution in [3.05, 3.63) is 57.8 Å². The van der Waals surface area contributed by atoms with Gasteiger partial charge in [0, 0.05) is 21.8 Å². The monoisotopic (exact) mass is 337 g/mol. The van der Waals surface area contributed by atoms with E-state index in [9.17, 15) is 4.39 Å². The lowest BCUT2D eigenvalue weighted by Crippen LogP contribution is -2.09. The van der Waals surface area contributed by atoms with Crippen molar-refractivity contribution in [1.82, 2.24) is 0 Å². The fourth-order valence-corrected chi connectivity index (χ4v) is 2.41. The number of anilines is 1. The van der Waals surface area contributed by atoms with E-state index in [1.165, 1.54) is 13.2 Å². The van der Waals surface area contributed by atoms with E-state index in [0.717, 1.165) is 15.7 Å². The van der Waals surface area contributed by atoms with Crippen molar-refractivity contribution >= 4 is 21.6 Å². The molecule has 0 aliphatic carbocycles. The molecule has 2 nitrogen and oxygen atoms in total. The van der Waals surface area contributed by atoms with Crippen molar-refractivity contribution < 1.29 is 9.13 Å². The van der Waals surface area contributed by atoms with E-state index in [1.807, 2.05) is 32.0 Å². The SMILES string of the molecule is COc1ccc(C(C)Nc2cc(Br)ccc2C)c(F)c1. The molecule has 0 amide bonds. The lowest BCUT2D eigenvalue weighted by molar-refractivity contribution is 0.410. The molecule has 0 fully saturated rings. The lowest BCUT2D eigenvalue weighted by Gasteiger charge is -2.18. The van der Waals surface area contributed by atoms with Crippen molar-refractivity contribution in [3.8, 4) is 5.75 Å². The van der Waals surface area contributed by atoms with Crippen molar-refractivity contribution in [2.45, 2.75) is 19.9 Å². The normalized spacial score (nSPS) is 12.1. The Morgan fingerprint density at radius 2 is 1.95 bits per heavy atom. The van der Waals surface area contributed by atoms with Gasteiger partial charge in [0.15, 0.2) is 0 Å². The first-order valence-electron chi connectivity index (χ1n) is 6.37. The summed E-state index contributed by atoms with van der Waals surface area (Å²) in [4.78, 5) is 0. The minimum absolute atomic E-state index is 0.131. The summed E-state index contributed by atoms with van der Waals surface area (Å²) in [5.74, 6) is 0.258. The third-order valence-electron chi connectivity index (χ3n) is 3.25. The zero-order chi connectivity index (χ0) is 14.7. The van der Waals surface area contributed by atoms with Crippen molar-refractivity contribution in [2.24, 2.45) is 0 Å². The second-order valence-corrected chi connectivity index (χ2v) is 5.63. The molecule has 0 bridgehead atoms. The number of nitrogens with one attached hydrogen (secondary N) is 1. The Labute approximate surface area is 127 Å². The molecule has 106 valence electrons. The molecule has 2 rings (SSSR count). The third-order valence-corrected chi connectivity index (χ3v) is 3.74. The number of hydrogen-bond donors (Lipinski definition) is 1. The van der Waals surface area contributed by atoms with Gasteiger partial charge in [0.05, 0.1) is 13.2 Å². The highest BCUT2D eigenvalue weighted by molar-refractivity contribution is 9.10. The Bertz CT molecular complexity index is 615. The molecule has 1 N–H and O–H groups in total. The Kier molecular flexibility index (Phi) is 4.65. The number of methoxy groups -OCH3 is 1. The molecule has 2 aromatic rings. The molecule has 4 heteroatoms. The molecule has 0 aliphatic rings. The van der Waals surface area contributed by atoms with Gasteiger partial charge < -0.3 is 10.1 Å². The standard InChI is InChI=1S/C16H17BrFNO/c1-10-4-5-12(17)8-16(10)19-11(2)14-7-6-13(20-3)9-15(14)18/h4-9,11,19H,1-3H3. The van der Waals surface area contributed by atoms with Gasteiger partial charge in [-0.3, -0.25) is 0 Å². The summed E-state index contributed by atoms with van der Waals surface area (Å²) >= 11 is 3.45. The van der Waals surface area contributed by atoms with E-state index >= 15 is 0 Å². The maximum Gasteiger partial charge on any atom is 0.132 e. The van der Waals surface area contributed by atoms with Crippen LogP contribution in [0.25, 0.3) is 0 Å². The molecule has 0 aliphatic heterocycles. The number of aryl methyl sites for hydroxylation is 1. The molecule has 2 aromatic carbocycles. The summed E-state index contributed by atoms with van der Waals surface area (Å²) in [5.41, 5.74) is 2.72. The molecule has 20 heavy (non-hydrogen) atoms. The summed E-state index contributed by atoms with van der Waals surface area (Å²) in [6.45, 7) is 3.96. The molecular weight excluding hydrogens is 321 g/mol. The Morgan fingerprint density at radius 3 is 2.60 bits per heavy atom. The highest BCUT2D eigenvalue weighted by Gasteiger charge is 2.12. The van der Waals surface area contributed by atoms with Crippen LogP contribution in [0, 0.1) is 12.7 Å². The average Bonchev–Trinajstić information content (AvgIpc) is 2.42. The van der Waals surface area contributed by atoms with Crippen molar-refractivity contribution in [1.29, 1.82) is 0 Å². The van der Waals surface area contributed by atoms with E-state index in [-0.39, 0.29) is 11.9 Å². The number of hydrogen-bond acceptors (Lipinski definition) is 2. The molecule has 0 aromatic heterocycles. The van der Waals surface area contributed by atoms with Gasteiger partial charge in [-0.25, -0.2) is 4.39 Å². The van der Waals surface area contributed by atoms with Crippen LogP contribution in [0.15, 0.2) is 40.9 Å². The van der Waals surface area contributed by atoms with Gasteiger partial charge in [-0.15, -0.1) is 0 Å².